The Morgan fingerprint density at radius 3 is 2.69 bits per heavy atom. The zero-order valence-corrected chi connectivity index (χ0v) is 15.4. The molecule has 1 unspecified atom stereocenters. The van der Waals surface area contributed by atoms with Gasteiger partial charge in [0.15, 0.2) is 0 Å². The molecule has 1 atom stereocenters. The maximum absolute atomic E-state index is 12.4. The minimum atomic E-state index is -0.591. The number of aromatic nitrogens is 2. The summed E-state index contributed by atoms with van der Waals surface area (Å²) in [5.74, 6) is -0.285. The van der Waals surface area contributed by atoms with E-state index in [0.717, 1.165) is 4.88 Å². The van der Waals surface area contributed by atoms with Crippen LogP contribution in [0.25, 0.3) is 10.9 Å². The number of likely N-dealkylation sites (N-methyl/N-ethyl adjacent to an activating group) is 1. The Kier molecular flexibility index (Phi) is 5.34. The van der Waals surface area contributed by atoms with Crippen LogP contribution in [0.15, 0.2) is 51.4 Å². The SMILES string of the molecule is CN(C)C(CNC(=O)Cn1c(=O)[nH]c(=O)c2ccccc21)c1cccs1. The van der Waals surface area contributed by atoms with E-state index in [0.29, 0.717) is 17.4 Å². The predicted octanol–water partition coefficient (Wildman–Crippen LogP) is 1.17. The molecule has 0 spiro atoms. The second-order valence-corrected chi connectivity index (χ2v) is 7.14. The van der Waals surface area contributed by atoms with Crippen LogP contribution >= 0.6 is 11.3 Å². The van der Waals surface area contributed by atoms with Crippen LogP contribution < -0.4 is 16.6 Å². The van der Waals surface area contributed by atoms with Gasteiger partial charge in [-0.3, -0.25) is 19.1 Å². The Bertz CT molecular complexity index is 1020. The van der Waals surface area contributed by atoms with Crippen molar-refractivity contribution in [3.05, 3.63) is 67.5 Å². The molecule has 26 heavy (non-hydrogen) atoms. The standard InChI is InChI=1S/C18H20N4O3S/c1-21(2)14(15-8-5-9-26-15)10-19-16(23)11-22-13-7-4-3-6-12(13)17(24)20-18(22)25/h3-9,14H,10-11H2,1-2H3,(H,19,23)(H,20,24,25). The molecule has 1 amide bonds. The second-order valence-electron chi connectivity index (χ2n) is 6.16. The van der Waals surface area contributed by atoms with Crippen LogP contribution in [0.5, 0.6) is 0 Å². The summed E-state index contributed by atoms with van der Waals surface area (Å²) in [5, 5.41) is 5.26. The van der Waals surface area contributed by atoms with E-state index >= 15 is 0 Å². The second kappa shape index (κ2) is 7.67. The van der Waals surface area contributed by atoms with Gasteiger partial charge in [-0.25, -0.2) is 4.79 Å². The lowest BCUT2D eigenvalue weighted by atomic mass is 10.2. The molecule has 3 aromatic rings. The van der Waals surface area contributed by atoms with E-state index < -0.39 is 11.2 Å². The molecule has 0 aliphatic carbocycles. The Balaban J connectivity index is 1.78. The number of hydrogen-bond donors (Lipinski definition) is 2. The average molecular weight is 372 g/mol. The Morgan fingerprint density at radius 2 is 2.00 bits per heavy atom. The number of rotatable bonds is 6. The number of carbonyl (C=O) groups is 1. The highest BCUT2D eigenvalue weighted by atomic mass is 32.1. The molecule has 2 aromatic heterocycles. The van der Waals surface area contributed by atoms with Gasteiger partial charge in [-0.2, -0.15) is 0 Å². The molecule has 0 aliphatic heterocycles. The number of fused-ring (bicyclic) bond motifs is 1. The van der Waals surface area contributed by atoms with Gasteiger partial charge < -0.3 is 10.2 Å². The van der Waals surface area contributed by atoms with Gasteiger partial charge in [0.25, 0.3) is 5.56 Å². The number of thiophene rings is 1. The van der Waals surface area contributed by atoms with Crippen LogP contribution in [0, 0.1) is 0 Å². The quantitative estimate of drug-likeness (QED) is 0.680. The minimum Gasteiger partial charge on any atom is -0.353 e. The van der Waals surface area contributed by atoms with Crippen molar-refractivity contribution in [3.8, 4) is 0 Å². The fourth-order valence-corrected chi connectivity index (χ4v) is 3.75. The summed E-state index contributed by atoms with van der Waals surface area (Å²) in [6.07, 6.45) is 0. The maximum Gasteiger partial charge on any atom is 0.329 e. The zero-order valence-electron chi connectivity index (χ0n) is 14.6. The van der Waals surface area contributed by atoms with Crippen molar-refractivity contribution in [2.45, 2.75) is 12.6 Å². The van der Waals surface area contributed by atoms with E-state index in [1.54, 1.807) is 35.6 Å². The number of nitrogens with one attached hydrogen (secondary N) is 2. The maximum atomic E-state index is 12.4. The molecule has 3 rings (SSSR count). The number of para-hydroxylation sites is 1. The van der Waals surface area contributed by atoms with Crippen molar-refractivity contribution < 1.29 is 4.79 Å². The first-order valence-corrected chi connectivity index (χ1v) is 9.03. The highest BCUT2D eigenvalue weighted by Gasteiger charge is 2.17. The molecule has 2 N–H and O–H groups in total. The summed E-state index contributed by atoms with van der Waals surface area (Å²) in [4.78, 5) is 41.9. The number of H-pyrrole nitrogens is 1. The van der Waals surface area contributed by atoms with Gasteiger partial charge >= 0.3 is 5.69 Å². The number of nitrogens with zero attached hydrogens (tertiary/aromatic N) is 2. The number of amides is 1. The Morgan fingerprint density at radius 1 is 1.23 bits per heavy atom. The van der Waals surface area contributed by atoms with E-state index in [4.69, 9.17) is 0 Å². The lowest BCUT2D eigenvalue weighted by Crippen LogP contribution is -2.39. The van der Waals surface area contributed by atoms with Crippen molar-refractivity contribution in [1.82, 2.24) is 19.8 Å². The molecular weight excluding hydrogens is 352 g/mol. The Labute approximate surface area is 153 Å². The lowest BCUT2D eigenvalue weighted by molar-refractivity contribution is -0.121. The molecule has 0 saturated heterocycles. The largest absolute Gasteiger partial charge is 0.353 e. The highest BCUT2D eigenvalue weighted by Crippen LogP contribution is 2.22. The van der Waals surface area contributed by atoms with Gasteiger partial charge in [0.1, 0.15) is 6.54 Å². The van der Waals surface area contributed by atoms with Gasteiger partial charge in [0, 0.05) is 11.4 Å². The van der Waals surface area contributed by atoms with E-state index in [-0.39, 0.29) is 18.5 Å². The molecular formula is C18H20N4O3S. The number of aromatic amines is 1. The summed E-state index contributed by atoms with van der Waals surface area (Å²) >= 11 is 1.63. The third-order valence-electron chi connectivity index (χ3n) is 4.19. The monoisotopic (exact) mass is 372 g/mol. The van der Waals surface area contributed by atoms with Crippen LogP contribution in [0.2, 0.25) is 0 Å². The van der Waals surface area contributed by atoms with Crippen molar-refractivity contribution in [2.75, 3.05) is 20.6 Å². The first-order valence-electron chi connectivity index (χ1n) is 8.15. The van der Waals surface area contributed by atoms with Crippen LogP contribution in [0.1, 0.15) is 10.9 Å². The minimum absolute atomic E-state index is 0.0583. The molecule has 2 heterocycles. The number of benzene rings is 1. The molecule has 0 fully saturated rings. The fraction of sp³-hybridized carbons (Fsp3) is 0.278. The van der Waals surface area contributed by atoms with Gasteiger partial charge in [-0.1, -0.05) is 18.2 Å². The van der Waals surface area contributed by atoms with Crippen LogP contribution in [-0.2, 0) is 11.3 Å². The van der Waals surface area contributed by atoms with Crippen molar-refractivity contribution in [2.24, 2.45) is 0 Å². The van der Waals surface area contributed by atoms with Crippen molar-refractivity contribution in [1.29, 1.82) is 0 Å². The molecule has 0 aliphatic rings. The number of carbonyl (C=O) groups excluding carboxylic acids is 1. The molecule has 7 nitrogen and oxygen atoms in total. The third-order valence-corrected chi connectivity index (χ3v) is 5.17. The number of hydrogen-bond acceptors (Lipinski definition) is 5. The summed E-state index contributed by atoms with van der Waals surface area (Å²) in [5.41, 5.74) is -0.599. The summed E-state index contributed by atoms with van der Waals surface area (Å²) in [7, 11) is 3.91. The lowest BCUT2D eigenvalue weighted by Gasteiger charge is -2.23. The van der Waals surface area contributed by atoms with Gasteiger partial charge in [-0.15, -0.1) is 11.3 Å². The van der Waals surface area contributed by atoms with Gasteiger partial charge in [0.05, 0.1) is 16.9 Å². The first kappa shape index (κ1) is 18.1. The van der Waals surface area contributed by atoms with Gasteiger partial charge in [0.2, 0.25) is 5.91 Å². The first-order chi connectivity index (χ1) is 12.5. The highest BCUT2D eigenvalue weighted by molar-refractivity contribution is 7.10. The molecule has 0 bridgehead atoms. The normalized spacial score (nSPS) is 12.4. The third kappa shape index (κ3) is 3.76. The van der Waals surface area contributed by atoms with Crippen molar-refractivity contribution in [3.63, 3.8) is 0 Å². The molecule has 8 heteroatoms. The van der Waals surface area contributed by atoms with E-state index in [2.05, 4.69) is 10.3 Å². The topological polar surface area (TPSA) is 87.2 Å². The van der Waals surface area contributed by atoms with Gasteiger partial charge in [-0.05, 0) is 37.7 Å². The predicted molar refractivity (Wildman–Crippen MR) is 103 cm³/mol. The Hall–Kier alpha value is -2.71. The molecule has 0 saturated carbocycles. The van der Waals surface area contributed by atoms with E-state index in [1.165, 1.54) is 4.57 Å². The fourth-order valence-electron chi connectivity index (χ4n) is 2.83. The van der Waals surface area contributed by atoms with Crippen LogP contribution in [-0.4, -0.2) is 41.0 Å². The molecule has 136 valence electrons. The van der Waals surface area contributed by atoms with Crippen LogP contribution in [0.3, 0.4) is 0 Å². The molecule has 0 radical (unpaired) electrons. The van der Waals surface area contributed by atoms with Crippen LogP contribution in [0.4, 0.5) is 0 Å². The average Bonchev–Trinajstić information content (AvgIpc) is 3.13. The molecule has 1 aromatic carbocycles. The summed E-state index contributed by atoms with van der Waals surface area (Å²) in [6.45, 7) is 0.281. The summed E-state index contributed by atoms with van der Waals surface area (Å²) < 4.78 is 1.28. The smallest absolute Gasteiger partial charge is 0.329 e. The van der Waals surface area contributed by atoms with E-state index in [9.17, 15) is 14.4 Å². The van der Waals surface area contributed by atoms with Crippen molar-refractivity contribution >= 4 is 28.1 Å². The zero-order chi connectivity index (χ0) is 18.7. The summed E-state index contributed by atoms with van der Waals surface area (Å²) in [6, 6.07) is 10.8. The van der Waals surface area contributed by atoms with E-state index in [1.807, 2.05) is 36.5 Å².